The first-order valence-corrected chi connectivity index (χ1v) is 5.80. The van der Waals surface area contributed by atoms with E-state index in [4.69, 9.17) is 9.84 Å². The average Bonchev–Trinajstić information content (AvgIpc) is 2.45. The summed E-state index contributed by atoms with van der Waals surface area (Å²) in [6.45, 7) is 0.338. The van der Waals surface area contributed by atoms with Crippen LogP contribution in [0.3, 0.4) is 0 Å². The molecule has 0 saturated carbocycles. The highest BCUT2D eigenvalue weighted by Crippen LogP contribution is 2.08. The van der Waals surface area contributed by atoms with Crippen LogP contribution in [-0.4, -0.2) is 22.7 Å². The molecule has 0 amide bonds. The van der Waals surface area contributed by atoms with Crippen molar-refractivity contribution in [2.75, 3.05) is 6.61 Å². The number of carboxylic acids is 1. The molecule has 0 aliphatic rings. The molecule has 1 aromatic heterocycles. The summed E-state index contributed by atoms with van der Waals surface area (Å²) in [6, 6.07) is 14.5. The van der Waals surface area contributed by atoms with Crippen molar-refractivity contribution < 1.29 is 14.6 Å². The summed E-state index contributed by atoms with van der Waals surface area (Å²) in [7, 11) is 0. The molecule has 1 N–H and O–H groups in total. The van der Waals surface area contributed by atoms with Gasteiger partial charge in [-0.05, 0) is 17.7 Å². The Bertz CT molecular complexity index is 579. The van der Waals surface area contributed by atoms with Crippen molar-refractivity contribution in [2.24, 2.45) is 0 Å². The first-order chi connectivity index (χ1) is 9.25. The maximum atomic E-state index is 10.7. The van der Waals surface area contributed by atoms with E-state index in [9.17, 15) is 4.79 Å². The number of carboxylic acid groups (broad SMARTS) is 1. The van der Waals surface area contributed by atoms with E-state index in [2.05, 4.69) is 4.98 Å². The molecule has 0 spiro atoms. The lowest BCUT2D eigenvalue weighted by molar-refractivity contribution is 0.0689. The van der Waals surface area contributed by atoms with Crippen molar-refractivity contribution >= 4 is 12.0 Å². The minimum absolute atomic E-state index is 0.0236. The Morgan fingerprint density at radius 2 is 1.95 bits per heavy atom. The molecule has 4 nitrogen and oxygen atoms in total. The molecular weight excluding hydrogens is 242 g/mol. The number of aromatic nitrogens is 1. The summed E-state index contributed by atoms with van der Waals surface area (Å²) in [6.07, 6.45) is 3.78. The topological polar surface area (TPSA) is 59.4 Å². The van der Waals surface area contributed by atoms with Crippen LogP contribution in [0.2, 0.25) is 0 Å². The maximum absolute atomic E-state index is 10.7. The van der Waals surface area contributed by atoms with E-state index in [0.717, 1.165) is 5.56 Å². The number of pyridine rings is 1. The Balaban J connectivity index is 1.91. The molecule has 4 heteroatoms. The fourth-order valence-electron chi connectivity index (χ4n) is 1.50. The van der Waals surface area contributed by atoms with Crippen molar-refractivity contribution in [3.63, 3.8) is 0 Å². The highest BCUT2D eigenvalue weighted by atomic mass is 16.5. The molecule has 1 aromatic carbocycles. The smallest absolute Gasteiger partial charge is 0.354 e. The van der Waals surface area contributed by atoms with Crippen molar-refractivity contribution in [1.29, 1.82) is 0 Å². The number of hydrogen-bond acceptors (Lipinski definition) is 3. The van der Waals surface area contributed by atoms with Gasteiger partial charge >= 0.3 is 5.97 Å². The van der Waals surface area contributed by atoms with Gasteiger partial charge in [-0.3, -0.25) is 0 Å². The number of carbonyl (C=O) groups is 1. The molecule has 19 heavy (non-hydrogen) atoms. The van der Waals surface area contributed by atoms with Gasteiger partial charge in [0, 0.05) is 6.07 Å². The lowest BCUT2D eigenvalue weighted by atomic mass is 10.2. The Morgan fingerprint density at radius 3 is 2.68 bits per heavy atom. The van der Waals surface area contributed by atoms with Crippen LogP contribution < -0.4 is 4.74 Å². The predicted octanol–water partition coefficient (Wildman–Crippen LogP) is 2.87. The Morgan fingerprint density at radius 1 is 1.16 bits per heavy atom. The molecule has 0 saturated heterocycles. The number of rotatable bonds is 5. The first kappa shape index (κ1) is 12.8. The Kier molecular flexibility index (Phi) is 4.29. The van der Waals surface area contributed by atoms with E-state index in [1.807, 2.05) is 42.5 Å². The second-order valence-corrected chi connectivity index (χ2v) is 3.79. The molecule has 0 atom stereocenters. The number of ether oxygens (including phenoxy) is 1. The van der Waals surface area contributed by atoms with Gasteiger partial charge in [0.05, 0.1) is 0 Å². The van der Waals surface area contributed by atoms with Crippen molar-refractivity contribution in [3.8, 4) is 5.88 Å². The van der Waals surface area contributed by atoms with Crippen LogP contribution >= 0.6 is 0 Å². The van der Waals surface area contributed by atoms with E-state index in [1.54, 1.807) is 12.1 Å². The van der Waals surface area contributed by atoms with Crippen LogP contribution in [0.15, 0.2) is 54.6 Å². The third kappa shape index (κ3) is 3.96. The standard InChI is InChI=1S/C15H13NO3/c17-15(18)13-9-4-10-14(16-13)19-11-5-8-12-6-2-1-3-7-12/h1-10H,11H2,(H,17,18). The van der Waals surface area contributed by atoms with Gasteiger partial charge in [0.1, 0.15) is 6.61 Å². The lowest BCUT2D eigenvalue weighted by Crippen LogP contribution is -2.02. The molecule has 0 radical (unpaired) electrons. The van der Waals surface area contributed by atoms with Crippen LogP contribution in [0.4, 0.5) is 0 Å². The molecule has 0 unspecified atom stereocenters. The summed E-state index contributed by atoms with van der Waals surface area (Å²) in [5.74, 6) is -0.761. The van der Waals surface area contributed by atoms with Gasteiger partial charge in [0.25, 0.3) is 0 Å². The third-order valence-corrected chi connectivity index (χ3v) is 2.38. The highest BCUT2D eigenvalue weighted by molar-refractivity contribution is 5.85. The lowest BCUT2D eigenvalue weighted by Gasteiger charge is -2.02. The molecule has 0 aliphatic carbocycles. The van der Waals surface area contributed by atoms with Gasteiger partial charge < -0.3 is 9.84 Å². The zero-order chi connectivity index (χ0) is 13.5. The average molecular weight is 255 g/mol. The van der Waals surface area contributed by atoms with Gasteiger partial charge in [-0.15, -0.1) is 0 Å². The van der Waals surface area contributed by atoms with E-state index in [0.29, 0.717) is 12.5 Å². The van der Waals surface area contributed by atoms with Crippen molar-refractivity contribution in [1.82, 2.24) is 4.98 Å². The molecule has 96 valence electrons. The molecule has 1 heterocycles. The summed E-state index contributed by atoms with van der Waals surface area (Å²) < 4.78 is 5.36. The van der Waals surface area contributed by atoms with E-state index in [1.165, 1.54) is 6.07 Å². The van der Waals surface area contributed by atoms with Crippen LogP contribution in [0.5, 0.6) is 5.88 Å². The monoisotopic (exact) mass is 255 g/mol. The third-order valence-electron chi connectivity index (χ3n) is 2.38. The van der Waals surface area contributed by atoms with Gasteiger partial charge in [-0.2, -0.15) is 0 Å². The summed E-state index contributed by atoms with van der Waals surface area (Å²) in [4.78, 5) is 14.6. The second-order valence-electron chi connectivity index (χ2n) is 3.79. The normalized spacial score (nSPS) is 10.5. The van der Waals surface area contributed by atoms with Crippen molar-refractivity contribution in [3.05, 3.63) is 65.9 Å². The summed E-state index contributed by atoms with van der Waals surface area (Å²) in [5.41, 5.74) is 1.06. The van der Waals surface area contributed by atoms with Crippen molar-refractivity contribution in [2.45, 2.75) is 0 Å². The largest absolute Gasteiger partial charge is 0.477 e. The zero-order valence-electron chi connectivity index (χ0n) is 10.2. The number of benzene rings is 1. The van der Waals surface area contributed by atoms with Crippen LogP contribution in [0.1, 0.15) is 16.1 Å². The number of hydrogen-bond donors (Lipinski definition) is 1. The van der Waals surface area contributed by atoms with Gasteiger partial charge in [0.2, 0.25) is 5.88 Å². The fraction of sp³-hybridized carbons (Fsp3) is 0.0667. The molecule has 2 aromatic rings. The van der Waals surface area contributed by atoms with Gasteiger partial charge in [0.15, 0.2) is 5.69 Å². The van der Waals surface area contributed by atoms with E-state index < -0.39 is 5.97 Å². The SMILES string of the molecule is O=C(O)c1cccc(OCC=Cc2ccccc2)n1. The maximum Gasteiger partial charge on any atom is 0.354 e. The van der Waals surface area contributed by atoms with Gasteiger partial charge in [-0.1, -0.05) is 42.5 Å². The first-order valence-electron chi connectivity index (χ1n) is 5.80. The second kappa shape index (κ2) is 6.35. The Labute approximate surface area is 111 Å². The quantitative estimate of drug-likeness (QED) is 0.892. The molecular formula is C15H13NO3. The summed E-state index contributed by atoms with van der Waals surface area (Å²) >= 11 is 0. The van der Waals surface area contributed by atoms with E-state index in [-0.39, 0.29) is 5.69 Å². The molecule has 0 aliphatic heterocycles. The van der Waals surface area contributed by atoms with Crippen LogP contribution in [0.25, 0.3) is 6.08 Å². The van der Waals surface area contributed by atoms with Crippen LogP contribution in [0, 0.1) is 0 Å². The minimum atomic E-state index is -1.06. The Hall–Kier alpha value is -2.62. The highest BCUT2D eigenvalue weighted by Gasteiger charge is 2.04. The molecule has 0 fully saturated rings. The van der Waals surface area contributed by atoms with E-state index >= 15 is 0 Å². The fourth-order valence-corrected chi connectivity index (χ4v) is 1.50. The minimum Gasteiger partial charge on any atom is -0.477 e. The number of aromatic carboxylic acids is 1. The predicted molar refractivity (Wildman–Crippen MR) is 72.2 cm³/mol. The zero-order valence-corrected chi connectivity index (χ0v) is 10.2. The van der Waals surface area contributed by atoms with Gasteiger partial charge in [-0.25, -0.2) is 9.78 Å². The summed E-state index contributed by atoms with van der Waals surface area (Å²) in [5, 5.41) is 8.80. The molecule has 2 rings (SSSR count). The number of nitrogens with zero attached hydrogens (tertiary/aromatic N) is 1. The van der Waals surface area contributed by atoms with Crippen LogP contribution in [-0.2, 0) is 0 Å². The molecule has 0 bridgehead atoms.